The first kappa shape index (κ1) is 16.5. The number of ether oxygens (including phenoxy) is 1. The fourth-order valence-corrected chi connectivity index (χ4v) is 2.87. The molecule has 1 N–H and O–H groups in total. The van der Waals surface area contributed by atoms with E-state index in [2.05, 4.69) is 29.4 Å². The van der Waals surface area contributed by atoms with E-state index in [1.54, 1.807) is 7.11 Å². The van der Waals surface area contributed by atoms with E-state index in [1.165, 1.54) is 0 Å². The molecular formula is C18H23N3O3. The minimum absolute atomic E-state index is 0.00960. The van der Waals surface area contributed by atoms with Crippen molar-refractivity contribution in [1.29, 1.82) is 0 Å². The first-order valence-electron chi connectivity index (χ1n) is 8.18. The van der Waals surface area contributed by atoms with Crippen LogP contribution in [-0.4, -0.2) is 17.3 Å². The van der Waals surface area contributed by atoms with Crippen molar-refractivity contribution in [1.82, 2.24) is 15.5 Å². The van der Waals surface area contributed by atoms with Crippen molar-refractivity contribution in [2.24, 2.45) is 0 Å². The third-order valence-corrected chi connectivity index (χ3v) is 4.23. The van der Waals surface area contributed by atoms with Crippen molar-refractivity contribution in [3.8, 4) is 5.75 Å². The highest BCUT2D eigenvalue weighted by Gasteiger charge is 2.21. The molecule has 0 unspecified atom stereocenters. The summed E-state index contributed by atoms with van der Waals surface area (Å²) < 4.78 is 17.0. The van der Waals surface area contributed by atoms with Gasteiger partial charge in [-0.25, -0.2) is 0 Å². The van der Waals surface area contributed by atoms with Crippen molar-refractivity contribution in [3.05, 3.63) is 41.3 Å². The Kier molecular flexibility index (Phi) is 4.57. The van der Waals surface area contributed by atoms with Crippen LogP contribution in [0.2, 0.25) is 0 Å². The second-order valence-electron chi connectivity index (χ2n) is 5.95. The molecule has 0 saturated heterocycles. The molecule has 0 spiro atoms. The number of hydrogen-bond donors (Lipinski definition) is 1. The van der Waals surface area contributed by atoms with Gasteiger partial charge in [-0.3, -0.25) is 5.32 Å². The lowest BCUT2D eigenvalue weighted by atomic mass is 10.1. The SMILES string of the molecule is CCc1nnc([C@@H](C)N[C@@H](C)c2oc3ccc(OC)cc3c2C)o1. The van der Waals surface area contributed by atoms with Crippen LogP contribution >= 0.6 is 0 Å². The highest BCUT2D eigenvalue weighted by Crippen LogP contribution is 2.32. The van der Waals surface area contributed by atoms with Crippen LogP contribution in [0.15, 0.2) is 27.0 Å². The van der Waals surface area contributed by atoms with Crippen LogP contribution in [0.5, 0.6) is 5.75 Å². The summed E-state index contributed by atoms with van der Waals surface area (Å²) in [6, 6.07) is 5.79. The Morgan fingerprint density at radius 3 is 2.62 bits per heavy atom. The van der Waals surface area contributed by atoms with Crippen LogP contribution in [0.4, 0.5) is 0 Å². The van der Waals surface area contributed by atoms with Crippen LogP contribution in [0.3, 0.4) is 0 Å². The standard InChI is InChI=1S/C18H23N3O3/c1-6-16-20-21-18(24-16)12(4)19-11(3)17-10(2)14-9-13(22-5)7-8-15(14)23-17/h7-9,11-12,19H,6H2,1-5H3/t11-,12+/m0/s1. The van der Waals surface area contributed by atoms with E-state index in [0.29, 0.717) is 11.8 Å². The predicted molar refractivity (Wildman–Crippen MR) is 91.1 cm³/mol. The van der Waals surface area contributed by atoms with Gasteiger partial charge in [-0.1, -0.05) is 6.92 Å². The second-order valence-corrected chi connectivity index (χ2v) is 5.95. The quantitative estimate of drug-likeness (QED) is 0.734. The fraction of sp³-hybridized carbons (Fsp3) is 0.444. The topological polar surface area (TPSA) is 73.3 Å². The van der Waals surface area contributed by atoms with Crippen LogP contribution in [-0.2, 0) is 6.42 Å². The van der Waals surface area contributed by atoms with Crippen LogP contribution in [0, 0.1) is 6.92 Å². The zero-order valence-electron chi connectivity index (χ0n) is 14.7. The Bertz CT molecular complexity index is 837. The van der Waals surface area contributed by atoms with Crippen molar-refractivity contribution >= 4 is 11.0 Å². The Hall–Kier alpha value is -2.34. The number of methoxy groups -OCH3 is 1. The zero-order chi connectivity index (χ0) is 17.3. The average molecular weight is 329 g/mol. The molecule has 0 bridgehead atoms. The lowest BCUT2D eigenvalue weighted by molar-refractivity contribution is 0.353. The number of benzene rings is 1. The molecule has 2 aromatic heterocycles. The molecule has 0 aliphatic carbocycles. The number of rotatable bonds is 6. The van der Waals surface area contributed by atoms with Gasteiger partial charge in [0.05, 0.1) is 19.2 Å². The van der Waals surface area contributed by atoms with Gasteiger partial charge >= 0.3 is 0 Å². The van der Waals surface area contributed by atoms with E-state index in [9.17, 15) is 0 Å². The molecule has 0 fully saturated rings. The molecule has 6 nitrogen and oxygen atoms in total. The number of nitrogens with zero attached hydrogens (tertiary/aromatic N) is 2. The van der Waals surface area contributed by atoms with Crippen molar-refractivity contribution in [2.45, 2.75) is 46.2 Å². The van der Waals surface area contributed by atoms with Gasteiger partial charge in [-0.05, 0) is 39.0 Å². The molecule has 1 aromatic carbocycles. The molecule has 3 rings (SSSR count). The Labute approximate surface area is 141 Å². The maximum absolute atomic E-state index is 6.04. The van der Waals surface area contributed by atoms with Crippen LogP contribution < -0.4 is 10.1 Å². The van der Waals surface area contributed by atoms with E-state index in [0.717, 1.165) is 34.5 Å². The van der Waals surface area contributed by atoms with Gasteiger partial charge in [0.25, 0.3) is 0 Å². The summed E-state index contributed by atoms with van der Waals surface area (Å²) in [5, 5.41) is 12.6. The van der Waals surface area contributed by atoms with E-state index in [-0.39, 0.29) is 12.1 Å². The summed E-state index contributed by atoms with van der Waals surface area (Å²) in [5.41, 5.74) is 1.96. The Morgan fingerprint density at radius 1 is 1.17 bits per heavy atom. The second kappa shape index (κ2) is 6.65. The molecule has 0 amide bonds. The maximum Gasteiger partial charge on any atom is 0.233 e. The minimum atomic E-state index is -0.0602. The highest BCUT2D eigenvalue weighted by atomic mass is 16.5. The molecule has 0 radical (unpaired) electrons. The molecule has 0 aliphatic heterocycles. The van der Waals surface area contributed by atoms with E-state index < -0.39 is 0 Å². The minimum Gasteiger partial charge on any atom is -0.497 e. The van der Waals surface area contributed by atoms with Crippen molar-refractivity contribution < 1.29 is 13.6 Å². The van der Waals surface area contributed by atoms with E-state index >= 15 is 0 Å². The van der Waals surface area contributed by atoms with Gasteiger partial charge in [-0.15, -0.1) is 10.2 Å². The van der Waals surface area contributed by atoms with Gasteiger partial charge in [0.15, 0.2) is 0 Å². The normalized spacial score (nSPS) is 14.0. The lowest BCUT2D eigenvalue weighted by Gasteiger charge is -2.16. The number of aryl methyl sites for hydroxylation is 2. The molecule has 24 heavy (non-hydrogen) atoms. The molecule has 128 valence electrons. The number of furan rings is 1. The van der Waals surface area contributed by atoms with Gasteiger partial charge in [-0.2, -0.15) is 0 Å². The molecule has 0 saturated carbocycles. The molecule has 0 aliphatic rings. The van der Waals surface area contributed by atoms with Crippen LogP contribution in [0.25, 0.3) is 11.0 Å². The zero-order valence-corrected chi connectivity index (χ0v) is 14.7. The summed E-state index contributed by atoms with van der Waals surface area (Å²) in [4.78, 5) is 0. The first-order valence-corrected chi connectivity index (χ1v) is 8.18. The number of aromatic nitrogens is 2. The van der Waals surface area contributed by atoms with Crippen molar-refractivity contribution in [3.63, 3.8) is 0 Å². The number of fused-ring (bicyclic) bond motifs is 1. The maximum atomic E-state index is 6.04. The average Bonchev–Trinajstić information content (AvgIpc) is 3.19. The summed E-state index contributed by atoms with van der Waals surface area (Å²) in [6.07, 6.45) is 0.736. The molecule has 2 atom stereocenters. The summed E-state index contributed by atoms with van der Waals surface area (Å²) in [6.45, 7) is 8.12. The summed E-state index contributed by atoms with van der Waals surface area (Å²) >= 11 is 0. The fourth-order valence-electron chi connectivity index (χ4n) is 2.87. The Balaban J connectivity index is 1.82. The lowest BCUT2D eigenvalue weighted by Crippen LogP contribution is -2.23. The first-order chi connectivity index (χ1) is 11.5. The van der Waals surface area contributed by atoms with Gasteiger partial charge in [0, 0.05) is 17.4 Å². The van der Waals surface area contributed by atoms with Gasteiger partial charge < -0.3 is 13.6 Å². The molecular weight excluding hydrogens is 306 g/mol. The highest BCUT2D eigenvalue weighted by molar-refractivity contribution is 5.83. The summed E-state index contributed by atoms with van der Waals surface area (Å²) in [7, 11) is 1.66. The molecule has 2 heterocycles. The number of nitrogens with one attached hydrogen (secondary N) is 1. The molecule has 6 heteroatoms. The van der Waals surface area contributed by atoms with E-state index in [1.807, 2.05) is 32.0 Å². The van der Waals surface area contributed by atoms with Gasteiger partial charge in [0.2, 0.25) is 11.8 Å². The largest absolute Gasteiger partial charge is 0.497 e. The van der Waals surface area contributed by atoms with Gasteiger partial charge in [0.1, 0.15) is 17.1 Å². The third kappa shape index (κ3) is 3.01. The van der Waals surface area contributed by atoms with Crippen molar-refractivity contribution in [2.75, 3.05) is 7.11 Å². The molecule has 3 aromatic rings. The predicted octanol–water partition coefficient (Wildman–Crippen LogP) is 4.11. The smallest absolute Gasteiger partial charge is 0.233 e. The summed E-state index contributed by atoms with van der Waals surface area (Å²) in [5.74, 6) is 2.97. The van der Waals surface area contributed by atoms with E-state index in [4.69, 9.17) is 13.6 Å². The number of hydrogen-bond acceptors (Lipinski definition) is 6. The Morgan fingerprint density at radius 2 is 1.96 bits per heavy atom. The monoisotopic (exact) mass is 329 g/mol. The van der Waals surface area contributed by atoms with Crippen LogP contribution in [0.1, 0.15) is 56.0 Å². The third-order valence-electron chi connectivity index (χ3n) is 4.23.